The van der Waals surface area contributed by atoms with Crippen LogP contribution in [0.4, 0.5) is 0 Å². The summed E-state index contributed by atoms with van der Waals surface area (Å²) in [6.45, 7) is 5.02. The largest absolute Gasteiger partial charge is 0.492 e. The van der Waals surface area contributed by atoms with Gasteiger partial charge in [0.05, 0.1) is 6.61 Å². The maximum atomic E-state index is 5.94. The fourth-order valence-corrected chi connectivity index (χ4v) is 2.18. The molecular formula is C13H18OS. The molecule has 2 heteroatoms. The van der Waals surface area contributed by atoms with Crippen LogP contribution in [-0.4, -0.2) is 12.4 Å². The maximum absolute atomic E-state index is 5.94. The van der Waals surface area contributed by atoms with Crippen molar-refractivity contribution < 1.29 is 4.74 Å². The SMILES string of the molecule is Cc1cccc(C)c1OCC1(CS)CC1. The topological polar surface area (TPSA) is 9.23 Å². The summed E-state index contributed by atoms with van der Waals surface area (Å²) in [6, 6.07) is 6.27. The van der Waals surface area contributed by atoms with Gasteiger partial charge in [-0.2, -0.15) is 12.6 Å². The summed E-state index contributed by atoms with van der Waals surface area (Å²) in [5.41, 5.74) is 2.83. The highest BCUT2D eigenvalue weighted by atomic mass is 32.1. The Morgan fingerprint density at radius 2 is 1.87 bits per heavy atom. The van der Waals surface area contributed by atoms with Gasteiger partial charge >= 0.3 is 0 Å². The quantitative estimate of drug-likeness (QED) is 0.768. The van der Waals surface area contributed by atoms with Gasteiger partial charge in [0.1, 0.15) is 5.75 Å². The molecule has 0 heterocycles. The van der Waals surface area contributed by atoms with Crippen LogP contribution in [0.25, 0.3) is 0 Å². The first kappa shape index (κ1) is 10.9. The maximum Gasteiger partial charge on any atom is 0.125 e. The van der Waals surface area contributed by atoms with Crippen LogP contribution in [0.5, 0.6) is 5.75 Å². The van der Waals surface area contributed by atoms with Crippen molar-refractivity contribution in [2.75, 3.05) is 12.4 Å². The Kier molecular flexibility index (Phi) is 2.96. The Balaban J connectivity index is 2.05. The van der Waals surface area contributed by atoms with Crippen LogP contribution in [-0.2, 0) is 0 Å². The molecule has 0 amide bonds. The van der Waals surface area contributed by atoms with Gasteiger partial charge in [-0.05, 0) is 43.6 Å². The zero-order valence-electron chi connectivity index (χ0n) is 9.42. The summed E-state index contributed by atoms with van der Waals surface area (Å²) in [5, 5.41) is 0. The summed E-state index contributed by atoms with van der Waals surface area (Å²) < 4.78 is 5.94. The van der Waals surface area contributed by atoms with Crippen LogP contribution in [0.1, 0.15) is 24.0 Å². The summed E-state index contributed by atoms with van der Waals surface area (Å²) in [7, 11) is 0. The van der Waals surface area contributed by atoms with E-state index in [1.165, 1.54) is 24.0 Å². The molecular weight excluding hydrogens is 204 g/mol. The van der Waals surface area contributed by atoms with E-state index in [2.05, 4.69) is 44.7 Å². The van der Waals surface area contributed by atoms with Gasteiger partial charge in [0.2, 0.25) is 0 Å². The van der Waals surface area contributed by atoms with Gasteiger partial charge in [0.25, 0.3) is 0 Å². The van der Waals surface area contributed by atoms with Crippen LogP contribution >= 0.6 is 12.6 Å². The van der Waals surface area contributed by atoms with Gasteiger partial charge in [-0.3, -0.25) is 0 Å². The number of ether oxygens (including phenoxy) is 1. The van der Waals surface area contributed by atoms with Gasteiger partial charge in [0, 0.05) is 5.41 Å². The molecule has 0 N–H and O–H groups in total. The van der Waals surface area contributed by atoms with Crippen LogP contribution in [0, 0.1) is 19.3 Å². The molecule has 1 fully saturated rings. The number of hydrogen-bond donors (Lipinski definition) is 1. The molecule has 0 saturated heterocycles. The van der Waals surface area contributed by atoms with Crippen molar-refractivity contribution in [3.8, 4) is 5.75 Å². The highest BCUT2D eigenvalue weighted by molar-refractivity contribution is 7.80. The number of hydrogen-bond acceptors (Lipinski definition) is 2. The third kappa shape index (κ3) is 2.31. The van der Waals surface area contributed by atoms with E-state index in [1.54, 1.807) is 0 Å². The van der Waals surface area contributed by atoms with Crippen molar-refractivity contribution in [3.63, 3.8) is 0 Å². The van der Waals surface area contributed by atoms with E-state index in [0.717, 1.165) is 18.1 Å². The molecule has 0 unspecified atom stereocenters. The number of thiol groups is 1. The molecule has 0 aliphatic heterocycles. The van der Waals surface area contributed by atoms with Gasteiger partial charge in [-0.1, -0.05) is 18.2 Å². The third-order valence-corrected chi connectivity index (χ3v) is 3.89. The predicted octanol–water partition coefficient (Wildman–Crippen LogP) is 3.39. The van der Waals surface area contributed by atoms with Crippen molar-refractivity contribution in [2.24, 2.45) is 5.41 Å². The van der Waals surface area contributed by atoms with Crippen molar-refractivity contribution in [1.29, 1.82) is 0 Å². The van der Waals surface area contributed by atoms with Crippen LogP contribution in [0.3, 0.4) is 0 Å². The second-order valence-electron chi connectivity index (χ2n) is 4.67. The Hall–Kier alpha value is -0.630. The minimum Gasteiger partial charge on any atom is -0.492 e. The second kappa shape index (κ2) is 4.09. The lowest BCUT2D eigenvalue weighted by Crippen LogP contribution is -2.15. The zero-order chi connectivity index (χ0) is 10.9. The molecule has 82 valence electrons. The minimum atomic E-state index is 0.373. The van der Waals surface area contributed by atoms with Crippen molar-refractivity contribution in [1.82, 2.24) is 0 Å². The molecule has 0 atom stereocenters. The molecule has 2 rings (SSSR count). The van der Waals surface area contributed by atoms with E-state index < -0.39 is 0 Å². The Bertz CT molecular complexity index is 335. The number of para-hydroxylation sites is 1. The van der Waals surface area contributed by atoms with E-state index in [1.807, 2.05) is 0 Å². The van der Waals surface area contributed by atoms with E-state index in [9.17, 15) is 0 Å². The van der Waals surface area contributed by atoms with Gasteiger partial charge in [0.15, 0.2) is 0 Å². The van der Waals surface area contributed by atoms with Gasteiger partial charge in [-0.15, -0.1) is 0 Å². The molecule has 1 aliphatic carbocycles. The highest BCUT2D eigenvalue weighted by Crippen LogP contribution is 2.46. The lowest BCUT2D eigenvalue weighted by molar-refractivity contribution is 0.248. The lowest BCUT2D eigenvalue weighted by Gasteiger charge is -2.16. The molecule has 1 nitrogen and oxygen atoms in total. The second-order valence-corrected chi connectivity index (χ2v) is 4.98. The first-order chi connectivity index (χ1) is 7.17. The molecule has 0 aromatic heterocycles. The van der Waals surface area contributed by atoms with Crippen LogP contribution < -0.4 is 4.74 Å². The Labute approximate surface area is 97.2 Å². The van der Waals surface area contributed by atoms with Gasteiger partial charge in [-0.25, -0.2) is 0 Å². The average molecular weight is 222 g/mol. The van der Waals surface area contributed by atoms with E-state index in [-0.39, 0.29) is 0 Å². The predicted molar refractivity (Wildman–Crippen MR) is 66.9 cm³/mol. The molecule has 1 saturated carbocycles. The molecule has 1 aliphatic rings. The summed E-state index contributed by atoms with van der Waals surface area (Å²) >= 11 is 4.38. The monoisotopic (exact) mass is 222 g/mol. The van der Waals surface area contributed by atoms with Gasteiger partial charge < -0.3 is 4.74 Å². The Morgan fingerprint density at radius 3 is 2.33 bits per heavy atom. The number of rotatable bonds is 4. The molecule has 0 bridgehead atoms. The molecule has 1 aromatic carbocycles. The molecule has 0 spiro atoms. The zero-order valence-corrected chi connectivity index (χ0v) is 10.3. The lowest BCUT2D eigenvalue weighted by atomic mass is 10.1. The third-order valence-electron chi connectivity index (χ3n) is 3.22. The Morgan fingerprint density at radius 1 is 1.27 bits per heavy atom. The molecule has 1 aromatic rings. The smallest absolute Gasteiger partial charge is 0.125 e. The van der Waals surface area contributed by atoms with E-state index in [0.29, 0.717) is 5.41 Å². The summed E-state index contributed by atoms with van der Waals surface area (Å²) in [5.74, 6) is 2.00. The highest BCUT2D eigenvalue weighted by Gasteiger charge is 2.42. The van der Waals surface area contributed by atoms with Crippen molar-refractivity contribution >= 4 is 12.6 Å². The minimum absolute atomic E-state index is 0.373. The van der Waals surface area contributed by atoms with E-state index in [4.69, 9.17) is 4.74 Å². The fraction of sp³-hybridized carbons (Fsp3) is 0.538. The average Bonchev–Trinajstić information content (AvgIpc) is 2.98. The molecule has 0 radical (unpaired) electrons. The van der Waals surface area contributed by atoms with E-state index >= 15 is 0 Å². The van der Waals surface area contributed by atoms with Crippen LogP contribution in [0.15, 0.2) is 18.2 Å². The molecule has 15 heavy (non-hydrogen) atoms. The normalized spacial score (nSPS) is 17.5. The standard InChI is InChI=1S/C13H18OS/c1-10-4-3-5-11(2)12(10)14-8-13(9-15)6-7-13/h3-5,15H,6-9H2,1-2H3. The number of aryl methyl sites for hydroxylation is 2. The first-order valence-corrected chi connectivity index (χ1v) is 6.10. The summed E-state index contributed by atoms with van der Waals surface area (Å²) in [6.07, 6.45) is 2.53. The van der Waals surface area contributed by atoms with Crippen LogP contribution in [0.2, 0.25) is 0 Å². The van der Waals surface area contributed by atoms with Crippen molar-refractivity contribution in [3.05, 3.63) is 29.3 Å². The first-order valence-electron chi connectivity index (χ1n) is 5.47. The number of benzene rings is 1. The van der Waals surface area contributed by atoms with Crippen molar-refractivity contribution in [2.45, 2.75) is 26.7 Å². The fourth-order valence-electron chi connectivity index (χ4n) is 1.78. The summed E-state index contributed by atoms with van der Waals surface area (Å²) in [4.78, 5) is 0.